The van der Waals surface area contributed by atoms with Crippen molar-refractivity contribution in [3.05, 3.63) is 24.3 Å². The van der Waals surface area contributed by atoms with Gasteiger partial charge in [0, 0.05) is 6.42 Å². The lowest BCUT2D eigenvalue weighted by Gasteiger charge is -2.14. The monoisotopic (exact) mass is 334 g/mol. The first-order valence-electron chi connectivity index (χ1n) is 9.61. The van der Waals surface area contributed by atoms with Gasteiger partial charge in [-0.3, -0.25) is 4.79 Å². The molecule has 0 aromatic heterocycles. The van der Waals surface area contributed by atoms with E-state index in [0.717, 1.165) is 18.3 Å². The molecular weight excluding hydrogens is 300 g/mol. The highest BCUT2D eigenvalue weighted by atomic mass is 16.5. The summed E-state index contributed by atoms with van der Waals surface area (Å²) in [6.45, 7) is 2.25. The molecule has 1 aliphatic carbocycles. The van der Waals surface area contributed by atoms with Crippen LogP contribution in [0.25, 0.3) is 0 Å². The molecule has 0 saturated heterocycles. The third-order valence-electron chi connectivity index (χ3n) is 4.88. The Balaban J connectivity index is 2.21. The van der Waals surface area contributed by atoms with E-state index in [4.69, 9.17) is 0 Å². The van der Waals surface area contributed by atoms with Crippen LogP contribution in [0.1, 0.15) is 77.6 Å². The Kier molecular flexibility index (Phi) is 11.2. The first-order valence-corrected chi connectivity index (χ1v) is 9.61. The molecule has 1 aliphatic rings. The van der Waals surface area contributed by atoms with Crippen molar-refractivity contribution in [1.82, 2.24) is 0 Å². The summed E-state index contributed by atoms with van der Waals surface area (Å²) in [7, 11) is 1.24. The first kappa shape index (κ1) is 20.7. The maximum Gasteiger partial charge on any atom is 0.374 e. The average Bonchev–Trinajstić information content (AvgIpc) is 3.04. The van der Waals surface area contributed by atoms with Crippen LogP contribution in [-0.4, -0.2) is 18.9 Å². The van der Waals surface area contributed by atoms with Gasteiger partial charge in [0.15, 0.2) is 0 Å². The summed E-state index contributed by atoms with van der Waals surface area (Å²) in [5.41, 5.74) is 0. The van der Waals surface area contributed by atoms with Crippen LogP contribution < -0.4 is 0 Å². The summed E-state index contributed by atoms with van der Waals surface area (Å²) in [6, 6.07) is 0. The van der Waals surface area contributed by atoms with Crippen LogP contribution in [0, 0.1) is 11.8 Å². The van der Waals surface area contributed by atoms with Crippen LogP contribution in [-0.2, 0) is 14.3 Å². The Morgan fingerprint density at radius 1 is 1.04 bits per heavy atom. The number of hydrogen-bond donors (Lipinski definition) is 0. The Labute approximate surface area is 147 Å². The highest BCUT2D eigenvalue weighted by Gasteiger charge is 2.23. The van der Waals surface area contributed by atoms with E-state index in [1.165, 1.54) is 58.5 Å². The zero-order chi connectivity index (χ0) is 17.6. The lowest BCUT2D eigenvalue weighted by molar-refractivity contribution is -0.151. The lowest BCUT2D eigenvalue weighted by Crippen LogP contribution is -2.14. The fourth-order valence-electron chi connectivity index (χ4n) is 3.39. The second kappa shape index (κ2) is 13.0. The van der Waals surface area contributed by atoms with Gasteiger partial charge in [-0.1, -0.05) is 56.9 Å². The van der Waals surface area contributed by atoms with E-state index in [-0.39, 0.29) is 6.42 Å². The van der Waals surface area contributed by atoms with Crippen LogP contribution in [0.2, 0.25) is 0 Å². The van der Waals surface area contributed by atoms with Crippen molar-refractivity contribution in [2.45, 2.75) is 77.6 Å². The zero-order valence-electron chi connectivity index (χ0n) is 15.5. The van der Waals surface area contributed by atoms with Gasteiger partial charge < -0.3 is 4.74 Å². The van der Waals surface area contributed by atoms with E-state index in [1.807, 2.05) is 6.08 Å². The van der Waals surface area contributed by atoms with Gasteiger partial charge >= 0.3 is 5.97 Å². The highest BCUT2D eigenvalue weighted by Crippen LogP contribution is 2.35. The molecule has 136 valence electrons. The number of Topliss-reactive ketones (excluding diaryl/α,β-unsaturated/α-hetero) is 1. The normalized spacial score (nSPS) is 20.9. The summed E-state index contributed by atoms with van der Waals surface area (Å²) in [6.07, 6.45) is 21.5. The molecule has 0 aromatic rings. The van der Waals surface area contributed by atoms with Crippen molar-refractivity contribution in [1.29, 1.82) is 0 Å². The summed E-state index contributed by atoms with van der Waals surface area (Å²) < 4.78 is 4.41. The molecule has 0 N–H and O–H groups in total. The van der Waals surface area contributed by atoms with Gasteiger partial charge in [0.2, 0.25) is 5.78 Å². The van der Waals surface area contributed by atoms with Crippen molar-refractivity contribution in [2.24, 2.45) is 11.8 Å². The van der Waals surface area contributed by atoms with Gasteiger partial charge in [-0.25, -0.2) is 4.79 Å². The molecule has 0 amide bonds. The molecule has 24 heavy (non-hydrogen) atoms. The Morgan fingerprint density at radius 2 is 1.88 bits per heavy atom. The third kappa shape index (κ3) is 8.47. The lowest BCUT2D eigenvalue weighted by atomic mass is 9.92. The number of allylic oxidation sites excluding steroid dienone is 4. The summed E-state index contributed by atoms with van der Waals surface area (Å²) in [5, 5.41) is 0. The second-order valence-corrected chi connectivity index (χ2v) is 6.79. The van der Waals surface area contributed by atoms with Gasteiger partial charge in [-0.05, 0) is 50.4 Å². The molecule has 0 heterocycles. The van der Waals surface area contributed by atoms with E-state index >= 15 is 0 Å². The molecule has 2 atom stereocenters. The maximum absolute atomic E-state index is 11.3. The number of hydrogen-bond acceptors (Lipinski definition) is 3. The smallest absolute Gasteiger partial charge is 0.374 e. The SMILES string of the molecule is CCCCCCC=C[C@H]1CCC[C@@H]1CC=CCCC(=O)C(=O)OC. The average molecular weight is 335 g/mol. The van der Waals surface area contributed by atoms with E-state index < -0.39 is 11.8 Å². The number of methoxy groups -OCH3 is 1. The Morgan fingerprint density at radius 3 is 2.62 bits per heavy atom. The van der Waals surface area contributed by atoms with Crippen LogP contribution >= 0.6 is 0 Å². The first-order chi connectivity index (χ1) is 11.7. The highest BCUT2D eigenvalue weighted by molar-refractivity contribution is 6.33. The third-order valence-corrected chi connectivity index (χ3v) is 4.88. The number of rotatable bonds is 12. The quantitative estimate of drug-likeness (QED) is 0.208. The van der Waals surface area contributed by atoms with E-state index in [0.29, 0.717) is 6.42 Å². The van der Waals surface area contributed by atoms with Gasteiger partial charge in [0.05, 0.1) is 7.11 Å². The molecule has 3 heteroatoms. The molecule has 0 aromatic carbocycles. The largest absolute Gasteiger partial charge is 0.463 e. The summed E-state index contributed by atoms with van der Waals surface area (Å²) in [4.78, 5) is 22.3. The summed E-state index contributed by atoms with van der Waals surface area (Å²) >= 11 is 0. The van der Waals surface area contributed by atoms with Crippen LogP contribution in [0.4, 0.5) is 0 Å². The minimum absolute atomic E-state index is 0.245. The fraction of sp³-hybridized carbons (Fsp3) is 0.714. The van der Waals surface area contributed by atoms with Crippen LogP contribution in [0.5, 0.6) is 0 Å². The van der Waals surface area contributed by atoms with E-state index in [1.54, 1.807) is 0 Å². The van der Waals surface area contributed by atoms with Crippen LogP contribution in [0.3, 0.4) is 0 Å². The van der Waals surface area contributed by atoms with Crippen molar-refractivity contribution in [2.75, 3.05) is 7.11 Å². The number of esters is 1. The fourth-order valence-corrected chi connectivity index (χ4v) is 3.39. The molecule has 1 fully saturated rings. The number of ketones is 1. The van der Waals surface area contributed by atoms with Crippen molar-refractivity contribution < 1.29 is 14.3 Å². The molecule has 0 spiro atoms. The molecule has 0 aliphatic heterocycles. The standard InChI is InChI=1S/C21H34O3/c1-3-4-5-6-7-9-13-18-15-12-16-19(18)14-10-8-11-17-20(22)21(23)24-2/h8-10,13,18-19H,3-7,11-12,14-17H2,1-2H3/t18-,19-/m0/s1. The van der Waals surface area contributed by atoms with Gasteiger partial charge in [-0.2, -0.15) is 0 Å². The number of unbranched alkanes of at least 4 members (excludes halogenated alkanes) is 4. The molecule has 1 saturated carbocycles. The topological polar surface area (TPSA) is 43.4 Å². The molecule has 1 rings (SSSR count). The number of carbonyl (C=O) groups excluding carboxylic acids is 2. The number of carbonyl (C=O) groups is 2. The maximum atomic E-state index is 11.3. The number of ether oxygens (including phenoxy) is 1. The summed E-state index contributed by atoms with van der Waals surface area (Å²) in [5.74, 6) is 0.289. The zero-order valence-corrected chi connectivity index (χ0v) is 15.5. The van der Waals surface area contributed by atoms with Crippen molar-refractivity contribution >= 4 is 11.8 Å². The predicted octanol–water partition coefficient (Wildman–Crippen LogP) is 5.40. The molecular formula is C21H34O3. The van der Waals surface area contributed by atoms with Crippen LogP contribution in [0.15, 0.2) is 24.3 Å². The van der Waals surface area contributed by atoms with Gasteiger partial charge in [-0.15, -0.1) is 0 Å². The predicted molar refractivity (Wildman–Crippen MR) is 98.7 cm³/mol. The minimum Gasteiger partial charge on any atom is -0.463 e. The van der Waals surface area contributed by atoms with Gasteiger partial charge in [0.25, 0.3) is 0 Å². The Bertz CT molecular complexity index is 423. The molecule has 0 unspecified atom stereocenters. The van der Waals surface area contributed by atoms with E-state index in [9.17, 15) is 9.59 Å². The molecule has 0 radical (unpaired) electrons. The molecule has 3 nitrogen and oxygen atoms in total. The van der Waals surface area contributed by atoms with E-state index in [2.05, 4.69) is 29.9 Å². The van der Waals surface area contributed by atoms with Gasteiger partial charge in [0.1, 0.15) is 0 Å². The Hall–Kier alpha value is -1.38. The van der Waals surface area contributed by atoms with Crippen molar-refractivity contribution in [3.63, 3.8) is 0 Å². The molecule has 0 bridgehead atoms. The second-order valence-electron chi connectivity index (χ2n) is 6.79. The minimum atomic E-state index is -0.733. The van der Waals surface area contributed by atoms with Crippen molar-refractivity contribution in [3.8, 4) is 0 Å².